The lowest BCUT2D eigenvalue weighted by Gasteiger charge is -2.18. The first-order valence-electron chi connectivity index (χ1n) is 8.63. The van der Waals surface area contributed by atoms with Gasteiger partial charge in [0.1, 0.15) is 5.01 Å². The topological polar surface area (TPSA) is 64.1 Å². The van der Waals surface area contributed by atoms with Crippen molar-refractivity contribution in [2.24, 2.45) is 0 Å². The Morgan fingerprint density at radius 2 is 2.08 bits per heavy atom. The zero-order valence-electron chi connectivity index (χ0n) is 14.4. The molecule has 1 N–H and O–H groups in total. The minimum absolute atomic E-state index is 0.133. The van der Waals surface area contributed by atoms with E-state index in [9.17, 15) is 4.79 Å². The molecule has 1 fully saturated rings. The largest absolute Gasteiger partial charge is 0.384 e. The van der Waals surface area contributed by atoms with Gasteiger partial charge in [-0.15, -0.1) is 22.0 Å². The molecule has 134 valence electrons. The van der Waals surface area contributed by atoms with Crippen LogP contribution in [0.15, 0.2) is 29.2 Å². The van der Waals surface area contributed by atoms with Gasteiger partial charge in [-0.2, -0.15) is 0 Å². The zero-order valence-corrected chi connectivity index (χ0v) is 16.0. The number of anilines is 1. The van der Waals surface area contributed by atoms with Crippen LogP contribution in [0.1, 0.15) is 53.4 Å². The lowest BCUT2D eigenvalue weighted by molar-refractivity contribution is 0.102. The molecule has 3 rings (SSSR count). The van der Waals surface area contributed by atoms with Crippen molar-refractivity contribution in [3.8, 4) is 0 Å². The van der Waals surface area contributed by atoms with Crippen molar-refractivity contribution in [2.75, 3.05) is 24.8 Å². The van der Waals surface area contributed by atoms with E-state index >= 15 is 0 Å². The molecule has 2 aromatic rings. The highest BCUT2D eigenvalue weighted by atomic mass is 32.2. The molecule has 1 aliphatic carbocycles. The second kappa shape index (κ2) is 9.31. The molecular weight excluding hydrogens is 354 g/mol. The maximum Gasteiger partial charge on any atom is 0.258 e. The number of aromatic nitrogens is 2. The summed E-state index contributed by atoms with van der Waals surface area (Å²) < 4.78 is 5.08. The fourth-order valence-electron chi connectivity index (χ4n) is 2.98. The van der Waals surface area contributed by atoms with Crippen LogP contribution in [0.3, 0.4) is 0 Å². The summed E-state index contributed by atoms with van der Waals surface area (Å²) >= 11 is 3.13. The first-order valence-corrected chi connectivity index (χ1v) is 10.4. The molecule has 7 heteroatoms. The van der Waals surface area contributed by atoms with Crippen LogP contribution in [0.5, 0.6) is 0 Å². The standard InChI is InChI=1S/C18H23N3O2S2/c1-23-11-12-24-15-10-6-5-9-14(15)16(22)19-18-21-20-17(25-18)13-7-3-2-4-8-13/h5-6,9-10,13H,2-4,7-8,11-12H2,1H3,(H,19,21,22). The van der Waals surface area contributed by atoms with Gasteiger partial charge in [0, 0.05) is 23.7 Å². The summed E-state index contributed by atoms with van der Waals surface area (Å²) in [7, 11) is 1.68. The van der Waals surface area contributed by atoms with Gasteiger partial charge in [-0.25, -0.2) is 0 Å². The van der Waals surface area contributed by atoms with Gasteiger partial charge in [0.2, 0.25) is 5.13 Å². The molecule has 1 aromatic heterocycles. The van der Waals surface area contributed by atoms with Crippen LogP contribution in [-0.4, -0.2) is 35.6 Å². The molecule has 0 unspecified atom stereocenters. The lowest BCUT2D eigenvalue weighted by Crippen LogP contribution is -2.13. The molecule has 1 amide bonds. The predicted molar refractivity (Wildman–Crippen MR) is 103 cm³/mol. The van der Waals surface area contributed by atoms with Crippen molar-refractivity contribution in [1.29, 1.82) is 0 Å². The zero-order chi connectivity index (χ0) is 17.5. The Morgan fingerprint density at radius 3 is 2.88 bits per heavy atom. The molecule has 0 spiro atoms. The highest BCUT2D eigenvalue weighted by molar-refractivity contribution is 7.99. The maximum absolute atomic E-state index is 12.6. The summed E-state index contributed by atoms with van der Waals surface area (Å²) in [6.45, 7) is 0.655. The minimum atomic E-state index is -0.133. The Kier molecular flexibility index (Phi) is 6.84. The molecule has 0 atom stereocenters. The van der Waals surface area contributed by atoms with E-state index in [1.807, 2.05) is 24.3 Å². The van der Waals surface area contributed by atoms with Gasteiger partial charge in [-0.3, -0.25) is 10.1 Å². The van der Waals surface area contributed by atoms with E-state index in [0.717, 1.165) is 15.7 Å². The highest BCUT2D eigenvalue weighted by Gasteiger charge is 2.21. The second-order valence-electron chi connectivity index (χ2n) is 6.07. The summed E-state index contributed by atoms with van der Waals surface area (Å²) in [5.41, 5.74) is 0.665. The molecule has 0 bridgehead atoms. The number of ether oxygens (including phenoxy) is 1. The van der Waals surface area contributed by atoms with E-state index in [-0.39, 0.29) is 5.91 Å². The van der Waals surface area contributed by atoms with Crippen molar-refractivity contribution >= 4 is 34.1 Å². The van der Waals surface area contributed by atoms with Gasteiger partial charge in [0.25, 0.3) is 5.91 Å². The minimum Gasteiger partial charge on any atom is -0.384 e. The number of carbonyl (C=O) groups excluding carboxylic acids is 1. The number of nitrogens with one attached hydrogen (secondary N) is 1. The normalized spacial score (nSPS) is 15.2. The van der Waals surface area contributed by atoms with Gasteiger partial charge in [-0.1, -0.05) is 42.7 Å². The number of nitrogens with zero attached hydrogens (tertiary/aromatic N) is 2. The molecule has 1 saturated carbocycles. The second-order valence-corrected chi connectivity index (χ2v) is 8.22. The quantitative estimate of drug-likeness (QED) is 0.565. The molecule has 0 saturated heterocycles. The SMILES string of the molecule is COCCSc1ccccc1C(=O)Nc1nnc(C2CCCCC2)s1. The van der Waals surface area contributed by atoms with Crippen LogP contribution in [0.2, 0.25) is 0 Å². The first-order chi connectivity index (χ1) is 12.3. The van der Waals surface area contributed by atoms with E-state index < -0.39 is 0 Å². The third-order valence-electron chi connectivity index (χ3n) is 4.29. The third kappa shape index (κ3) is 5.03. The Morgan fingerprint density at radius 1 is 1.28 bits per heavy atom. The van der Waals surface area contributed by atoms with Gasteiger partial charge in [0.05, 0.1) is 12.2 Å². The summed E-state index contributed by atoms with van der Waals surface area (Å²) in [6.07, 6.45) is 6.20. The van der Waals surface area contributed by atoms with Crippen LogP contribution in [0.4, 0.5) is 5.13 Å². The number of thioether (sulfide) groups is 1. The number of hydrogen-bond donors (Lipinski definition) is 1. The molecular formula is C18H23N3O2S2. The van der Waals surface area contributed by atoms with Crippen molar-refractivity contribution in [3.05, 3.63) is 34.8 Å². The molecule has 1 aromatic carbocycles. The molecule has 1 aliphatic rings. The van der Waals surface area contributed by atoms with Crippen LogP contribution in [-0.2, 0) is 4.74 Å². The van der Waals surface area contributed by atoms with E-state index in [1.165, 1.54) is 43.4 Å². The molecule has 25 heavy (non-hydrogen) atoms. The highest BCUT2D eigenvalue weighted by Crippen LogP contribution is 2.35. The number of methoxy groups -OCH3 is 1. The van der Waals surface area contributed by atoms with Crippen molar-refractivity contribution in [3.63, 3.8) is 0 Å². The average molecular weight is 378 g/mol. The monoisotopic (exact) mass is 377 g/mol. The third-order valence-corrected chi connectivity index (χ3v) is 6.33. The van der Waals surface area contributed by atoms with E-state index in [4.69, 9.17) is 4.74 Å². The fraction of sp³-hybridized carbons (Fsp3) is 0.500. The Labute approximate surface area is 156 Å². The van der Waals surface area contributed by atoms with Crippen LogP contribution < -0.4 is 5.32 Å². The Balaban J connectivity index is 1.65. The van der Waals surface area contributed by atoms with Crippen LogP contribution in [0.25, 0.3) is 0 Å². The lowest BCUT2D eigenvalue weighted by atomic mass is 9.90. The predicted octanol–water partition coefficient (Wildman–Crippen LogP) is 4.58. The Hall–Kier alpha value is -1.44. The number of benzene rings is 1. The van der Waals surface area contributed by atoms with Crippen molar-refractivity contribution in [1.82, 2.24) is 10.2 Å². The van der Waals surface area contributed by atoms with Crippen molar-refractivity contribution in [2.45, 2.75) is 42.9 Å². The number of carbonyl (C=O) groups is 1. The average Bonchev–Trinajstić information content (AvgIpc) is 3.11. The van der Waals surface area contributed by atoms with Gasteiger partial charge in [-0.05, 0) is 25.0 Å². The summed E-state index contributed by atoms with van der Waals surface area (Å²) in [5, 5.41) is 13.0. The van der Waals surface area contributed by atoms with Crippen LogP contribution >= 0.6 is 23.1 Å². The van der Waals surface area contributed by atoms with Crippen LogP contribution in [0, 0.1) is 0 Å². The molecule has 0 radical (unpaired) electrons. The van der Waals surface area contributed by atoms with E-state index in [1.54, 1.807) is 18.9 Å². The number of amides is 1. The van der Waals surface area contributed by atoms with E-state index in [2.05, 4.69) is 15.5 Å². The van der Waals surface area contributed by atoms with Gasteiger partial charge < -0.3 is 4.74 Å². The number of hydrogen-bond acceptors (Lipinski definition) is 6. The van der Waals surface area contributed by atoms with E-state index in [0.29, 0.717) is 23.2 Å². The molecule has 5 nitrogen and oxygen atoms in total. The maximum atomic E-state index is 12.6. The molecule has 1 heterocycles. The Bertz CT molecular complexity index is 699. The van der Waals surface area contributed by atoms with Gasteiger partial charge in [0.15, 0.2) is 0 Å². The first kappa shape index (κ1) is 18.4. The van der Waals surface area contributed by atoms with Crippen molar-refractivity contribution < 1.29 is 9.53 Å². The summed E-state index contributed by atoms with van der Waals surface area (Å²) in [5.74, 6) is 1.19. The number of rotatable bonds is 7. The molecule has 0 aliphatic heterocycles. The summed E-state index contributed by atoms with van der Waals surface area (Å²) in [6, 6.07) is 7.62. The summed E-state index contributed by atoms with van der Waals surface area (Å²) in [4.78, 5) is 13.6. The fourth-order valence-corrected chi connectivity index (χ4v) is 4.85. The smallest absolute Gasteiger partial charge is 0.258 e. The van der Waals surface area contributed by atoms with Gasteiger partial charge >= 0.3 is 0 Å².